The van der Waals surface area contributed by atoms with Crippen LogP contribution in [-0.2, 0) is 0 Å². The van der Waals surface area contributed by atoms with Crippen molar-refractivity contribution in [3.8, 4) is 33.4 Å². The summed E-state index contributed by atoms with van der Waals surface area (Å²) in [6.07, 6.45) is 0. The summed E-state index contributed by atoms with van der Waals surface area (Å²) < 4.78 is 2.65. The highest BCUT2D eigenvalue weighted by atomic mass is 32.1. The zero-order valence-corrected chi connectivity index (χ0v) is 27.1. The molecule has 0 saturated carbocycles. The van der Waals surface area contributed by atoms with Gasteiger partial charge in [0.15, 0.2) is 0 Å². The average molecular weight is 630 g/mol. The van der Waals surface area contributed by atoms with E-state index in [0.29, 0.717) is 0 Å². The summed E-state index contributed by atoms with van der Waals surface area (Å²) in [4.78, 5) is 2.38. The lowest BCUT2D eigenvalue weighted by molar-refractivity contribution is 1.28. The van der Waals surface area contributed by atoms with Crippen molar-refractivity contribution in [3.05, 3.63) is 188 Å². The van der Waals surface area contributed by atoms with Gasteiger partial charge in [0.25, 0.3) is 0 Å². The number of benzene rings is 8. The summed E-state index contributed by atoms with van der Waals surface area (Å²) >= 11 is 1.86. The molecule has 9 aromatic rings. The Bertz CT molecular complexity index is 2560. The lowest BCUT2D eigenvalue weighted by Crippen LogP contribution is -2.10. The highest BCUT2D eigenvalue weighted by Crippen LogP contribution is 2.41. The standard InChI is InChI=1S/C46H31NS/c1-2-11-32(12-3-1)35-15-8-17-39(29-35)47(40-18-9-16-37(30-40)42-21-10-14-34-13-4-5-19-41(34)42)38-26-23-33(24-27-38)36-25-28-44-43-20-6-7-22-45(43)48-46(44)31-36/h1-31H. The van der Waals surface area contributed by atoms with E-state index in [-0.39, 0.29) is 0 Å². The molecule has 9 rings (SSSR count). The first-order valence-electron chi connectivity index (χ1n) is 16.3. The highest BCUT2D eigenvalue weighted by molar-refractivity contribution is 7.25. The molecule has 0 saturated heterocycles. The Balaban J connectivity index is 1.15. The third-order valence-electron chi connectivity index (χ3n) is 9.25. The first kappa shape index (κ1) is 28.3. The van der Waals surface area contributed by atoms with Crippen LogP contribution in [0.2, 0.25) is 0 Å². The number of nitrogens with zero attached hydrogens (tertiary/aromatic N) is 1. The molecule has 0 radical (unpaired) electrons. The number of anilines is 3. The Morgan fingerprint density at radius 3 is 1.71 bits per heavy atom. The van der Waals surface area contributed by atoms with Crippen molar-refractivity contribution in [2.75, 3.05) is 4.90 Å². The molecule has 0 aliphatic carbocycles. The topological polar surface area (TPSA) is 3.24 Å². The summed E-state index contributed by atoms with van der Waals surface area (Å²) in [5, 5.41) is 5.16. The Morgan fingerprint density at radius 2 is 0.875 bits per heavy atom. The quantitative estimate of drug-likeness (QED) is 0.177. The maximum absolute atomic E-state index is 2.38. The number of hydrogen-bond acceptors (Lipinski definition) is 2. The Morgan fingerprint density at radius 1 is 0.312 bits per heavy atom. The molecule has 0 aliphatic heterocycles. The highest BCUT2D eigenvalue weighted by Gasteiger charge is 2.16. The van der Waals surface area contributed by atoms with E-state index in [1.807, 2.05) is 11.3 Å². The molecule has 0 N–H and O–H groups in total. The molecular weight excluding hydrogens is 599 g/mol. The monoisotopic (exact) mass is 629 g/mol. The number of fused-ring (bicyclic) bond motifs is 4. The van der Waals surface area contributed by atoms with Crippen LogP contribution in [-0.4, -0.2) is 0 Å². The molecule has 0 spiro atoms. The molecule has 0 atom stereocenters. The van der Waals surface area contributed by atoms with Crippen molar-refractivity contribution in [2.45, 2.75) is 0 Å². The van der Waals surface area contributed by atoms with Gasteiger partial charge in [-0.2, -0.15) is 0 Å². The normalized spacial score (nSPS) is 11.3. The van der Waals surface area contributed by atoms with Crippen LogP contribution in [0.4, 0.5) is 17.1 Å². The van der Waals surface area contributed by atoms with E-state index in [2.05, 4.69) is 193 Å². The minimum absolute atomic E-state index is 1.11. The van der Waals surface area contributed by atoms with Crippen molar-refractivity contribution in [1.29, 1.82) is 0 Å². The number of thiophene rings is 1. The lowest BCUT2D eigenvalue weighted by Gasteiger charge is -2.27. The van der Waals surface area contributed by atoms with Crippen LogP contribution in [0.3, 0.4) is 0 Å². The fraction of sp³-hybridized carbons (Fsp3) is 0. The van der Waals surface area contributed by atoms with E-state index < -0.39 is 0 Å². The molecule has 1 heterocycles. The molecule has 0 unspecified atom stereocenters. The van der Waals surface area contributed by atoms with Crippen molar-refractivity contribution in [1.82, 2.24) is 0 Å². The first-order chi connectivity index (χ1) is 23.8. The maximum atomic E-state index is 2.38. The van der Waals surface area contributed by atoms with Gasteiger partial charge in [-0.25, -0.2) is 0 Å². The van der Waals surface area contributed by atoms with Gasteiger partial charge in [0.05, 0.1) is 0 Å². The molecule has 1 aromatic heterocycles. The van der Waals surface area contributed by atoms with Gasteiger partial charge in [0, 0.05) is 37.2 Å². The summed E-state index contributed by atoms with van der Waals surface area (Å²) in [5.74, 6) is 0. The SMILES string of the molecule is c1ccc(-c2cccc(N(c3ccc(-c4ccc5c(c4)sc4ccccc45)cc3)c3cccc(-c4cccc5ccccc45)c3)c2)cc1. The third kappa shape index (κ3) is 5.13. The minimum Gasteiger partial charge on any atom is -0.310 e. The second-order valence-electron chi connectivity index (χ2n) is 12.2. The van der Waals surface area contributed by atoms with Gasteiger partial charge in [-0.05, 0) is 92.7 Å². The largest absolute Gasteiger partial charge is 0.310 e. The van der Waals surface area contributed by atoms with E-state index in [0.717, 1.165) is 17.1 Å². The van der Waals surface area contributed by atoms with Crippen LogP contribution in [0.25, 0.3) is 64.3 Å². The summed E-state index contributed by atoms with van der Waals surface area (Å²) in [5.41, 5.74) is 10.6. The number of hydrogen-bond donors (Lipinski definition) is 0. The predicted molar refractivity (Wildman–Crippen MR) is 208 cm³/mol. The van der Waals surface area contributed by atoms with Gasteiger partial charge in [0.2, 0.25) is 0 Å². The molecule has 8 aromatic carbocycles. The van der Waals surface area contributed by atoms with Gasteiger partial charge < -0.3 is 4.90 Å². The second kappa shape index (κ2) is 12.0. The molecule has 2 heteroatoms. The van der Waals surface area contributed by atoms with Gasteiger partial charge in [-0.1, -0.05) is 140 Å². The van der Waals surface area contributed by atoms with Crippen molar-refractivity contribution in [2.24, 2.45) is 0 Å². The maximum Gasteiger partial charge on any atom is 0.0467 e. The van der Waals surface area contributed by atoms with E-state index in [1.54, 1.807) is 0 Å². The second-order valence-corrected chi connectivity index (χ2v) is 13.3. The molecule has 0 fully saturated rings. The molecule has 48 heavy (non-hydrogen) atoms. The smallest absolute Gasteiger partial charge is 0.0467 e. The van der Waals surface area contributed by atoms with E-state index in [4.69, 9.17) is 0 Å². The van der Waals surface area contributed by atoms with Crippen molar-refractivity contribution >= 4 is 59.3 Å². The molecule has 0 bridgehead atoms. The summed E-state index contributed by atoms with van der Waals surface area (Å²) in [6, 6.07) is 68.2. The number of rotatable bonds is 6. The first-order valence-corrected chi connectivity index (χ1v) is 17.2. The summed E-state index contributed by atoms with van der Waals surface area (Å²) in [7, 11) is 0. The summed E-state index contributed by atoms with van der Waals surface area (Å²) in [6.45, 7) is 0. The Labute approximate surface area is 284 Å². The molecule has 0 aliphatic rings. The van der Waals surface area contributed by atoms with Crippen molar-refractivity contribution in [3.63, 3.8) is 0 Å². The van der Waals surface area contributed by atoms with Gasteiger partial charge in [-0.3, -0.25) is 0 Å². The van der Waals surface area contributed by atoms with Crippen LogP contribution in [0.1, 0.15) is 0 Å². The van der Waals surface area contributed by atoms with Crippen molar-refractivity contribution < 1.29 is 0 Å². The fourth-order valence-electron chi connectivity index (χ4n) is 6.90. The van der Waals surface area contributed by atoms with Crippen LogP contribution >= 0.6 is 11.3 Å². The van der Waals surface area contributed by atoms with Crippen LogP contribution < -0.4 is 4.90 Å². The third-order valence-corrected chi connectivity index (χ3v) is 10.4. The van der Waals surface area contributed by atoms with E-state index >= 15 is 0 Å². The van der Waals surface area contributed by atoms with Gasteiger partial charge in [-0.15, -0.1) is 11.3 Å². The molecular formula is C46H31NS. The molecule has 226 valence electrons. The minimum atomic E-state index is 1.11. The van der Waals surface area contributed by atoms with Crippen LogP contribution in [0.15, 0.2) is 188 Å². The van der Waals surface area contributed by atoms with Gasteiger partial charge in [0.1, 0.15) is 0 Å². The Kier molecular flexibility index (Phi) is 7.07. The Hall–Kier alpha value is -5.96. The van der Waals surface area contributed by atoms with E-state index in [1.165, 1.54) is 64.3 Å². The molecule has 1 nitrogen and oxygen atoms in total. The lowest BCUT2D eigenvalue weighted by atomic mass is 9.97. The van der Waals surface area contributed by atoms with Crippen LogP contribution in [0, 0.1) is 0 Å². The predicted octanol–water partition coefficient (Wildman–Crippen LogP) is 13.7. The average Bonchev–Trinajstić information content (AvgIpc) is 3.54. The molecule has 0 amide bonds. The zero-order chi connectivity index (χ0) is 31.9. The zero-order valence-electron chi connectivity index (χ0n) is 26.3. The van der Waals surface area contributed by atoms with E-state index in [9.17, 15) is 0 Å². The van der Waals surface area contributed by atoms with Crippen LogP contribution in [0.5, 0.6) is 0 Å². The van der Waals surface area contributed by atoms with Gasteiger partial charge >= 0.3 is 0 Å². The fourth-order valence-corrected chi connectivity index (χ4v) is 8.05.